The molecule has 0 bridgehead atoms. The third-order valence-electron chi connectivity index (χ3n) is 6.94. The molecular weight excluding hydrogens is 565 g/mol. The number of carbonyl (C=O) groups is 3. The van der Waals surface area contributed by atoms with Gasteiger partial charge in [-0.25, -0.2) is 14.2 Å². The Kier molecular flexibility index (Phi) is 7.24. The van der Waals surface area contributed by atoms with Crippen LogP contribution in [-0.2, 0) is 19.1 Å². The van der Waals surface area contributed by atoms with Crippen LogP contribution >= 0.6 is 27.3 Å². The van der Waals surface area contributed by atoms with E-state index in [1.165, 1.54) is 23.5 Å². The van der Waals surface area contributed by atoms with Gasteiger partial charge in [0.1, 0.15) is 11.9 Å². The van der Waals surface area contributed by atoms with Crippen molar-refractivity contribution in [3.05, 3.63) is 61.9 Å². The minimum Gasteiger partial charge on any atom is -0.463 e. The summed E-state index contributed by atoms with van der Waals surface area (Å²) in [6, 6.07) is 3.53. The predicted octanol–water partition coefficient (Wildman–Crippen LogP) is 3.08. The number of hydrogen-bond donors (Lipinski definition) is 2. The second kappa shape index (κ2) is 10.4. The van der Waals surface area contributed by atoms with Crippen LogP contribution in [0.5, 0.6) is 0 Å². The van der Waals surface area contributed by atoms with E-state index in [9.17, 15) is 18.8 Å². The van der Waals surface area contributed by atoms with Gasteiger partial charge in [0, 0.05) is 34.7 Å². The third kappa shape index (κ3) is 5.10. The number of nitrogens with zero attached hydrogens (tertiary/aromatic N) is 3. The van der Waals surface area contributed by atoms with Crippen LogP contribution in [0.1, 0.15) is 42.8 Å². The van der Waals surface area contributed by atoms with Crippen LogP contribution in [0, 0.1) is 11.2 Å². The Bertz CT molecular complexity index is 1300. The van der Waals surface area contributed by atoms with Gasteiger partial charge in [-0.1, -0.05) is 22.0 Å². The molecule has 1 aromatic heterocycles. The number of benzene rings is 1. The zero-order chi connectivity index (χ0) is 26.2. The number of halogens is 2. The molecule has 4 heterocycles. The van der Waals surface area contributed by atoms with E-state index in [1.54, 1.807) is 19.2 Å². The molecule has 2 amide bonds. The van der Waals surface area contributed by atoms with Crippen molar-refractivity contribution in [1.29, 1.82) is 0 Å². The predicted molar refractivity (Wildman–Crippen MR) is 138 cm³/mol. The molecule has 2 fully saturated rings. The lowest BCUT2D eigenvalue weighted by atomic mass is 9.77. The molecule has 1 aromatic carbocycles. The summed E-state index contributed by atoms with van der Waals surface area (Å²) in [5.74, 6) is -0.835. The lowest BCUT2D eigenvalue weighted by Crippen LogP contribution is -2.46. The summed E-state index contributed by atoms with van der Waals surface area (Å²) < 4.78 is 19.8. The van der Waals surface area contributed by atoms with Crippen LogP contribution in [-0.4, -0.2) is 59.7 Å². The smallest absolute Gasteiger partial charge is 0.338 e. The van der Waals surface area contributed by atoms with Gasteiger partial charge in [-0.15, -0.1) is 11.3 Å². The zero-order valence-electron chi connectivity index (χ0n) is 20.1. The van der Waals surface area contributed by atoms with Gasteiger partial charge >= 0.3 is 5.97 Å². The first-order valence-electron chi connectivity index (χ1n) is 12.0. The molecule has 3 aliphatic heterocycles. The van der Waals surface area contributed by atoms with E-state index in [0.717, 1.165) is 0 Å². The SMILES string of the molecule is CCOC(=O)C1=C(CN2CCC3(CC2)CC(=O)NC3=O)NC(c2nccs2)=NC1c1ccc(F)cc1Br. The zero-order valence-corrected chi connectivity index (χ0v) is 22.5. The molecule has 0 radical (unpaired) electrons. The number of carbonyl (C=O) groups excluding carboxylic acids is 3. The van der Waals surface area contributed by atoms with Crippen LogP contribution < -0.4 is 10.6 Å². The molecule has 3 aliphatic rings. The van der Waals surface area contributed by atoms with Crippen molar-refractivity contribution in [2.75, 3.05) is 26.2 Å². The maximum atomic E-state index is 13.9. The molecule has 2 N–H and O–H groups in total. The molecule has 1 spiro atoms. The van der Waals surface area contributed by atoms with E-state index in [-0.39, 0.29) is 24.8 Å². The lowest BCUT2D eigenvalue weighted by Gasteiger charge is -2.38. The standard InChI is InChI=1S/C25H25BrFN5O4S/c1-2-36-23(34)19-17(13-32-8-5-25(6-9-32)12-18(33)30-24(25)35)29-21(22-28-7-10-37-22)31-20(19)15-4-3-14(27)11-16(15)26/h3-4,7,10-11,20H,2,5-6,8-9,12-13H2,1H3,(H,29,31)(H,30,33,35). The van der Waals surface area contributed by atoms with Crippen molar-refractivity contribution in [3.63, 3.8) is 0 Å². The number of esters is 1. The molecule has 0 aliphatic carbocycles. The highest BCUT2D eigenvalue weighted by atomic mass is 79.9. The minimum absolute atomic E-state index is 0.186. The molecule has 12 heteroatoms. The van der Waals surface area contributed by atoms with Crippen molar-refractivity contribution in [3.8, 4) is 0 Å². The molecule has 2 saturated heterocycles. The first-order valence-corrected chi connectivity index (χ1v) is 13.6. The number of nitrogens with one attached hydrogen (secondary N) is 2. The number of likely N-dealkylation sites (tertiary alicyclic amines) is 1. The third-order valence-corrected chi connectivity index (χ3v) is 8.41. The monoisotopic (exact) mass is 589 g/mol. The number of rotatable bonds is 6. The Morgan fingerprint density at radius 3 is 2.70 bits per heavy atom. The molecular formula is C25H25BrFN5O4S. The van der Waals surface area contributed by atoms with Crippen LogP contribution in [0.15, 0.2) is 50.5 Å². The number of amidine groups is 1. The first-order chi connectivity index (χ1) is 17.8. The average Bonchev–Trinajstić information content (AvgIpc) is 3.48. The van der Waals surface area contributed by atoms with Gasteiger partial charge in [-0.2, -0.15) is 0 Å². The number of aromatic nitrogens is 1. The summed E-state index contributed by atoms with van der Waals surface area (Å²) >= 11 is 4.85. The van der Waals surface area contributed by atoms with E-state index >= 15 is 0 Å². The number of piperidine rings is 1. The van der Waals surface area contributed by atoms with Crippen molar-refractivity contribution >= 4 is 50.9 Å². The molecule has 37 heavy (non-hydrogen) atoms. The fraction of sp³-hybridized carbons (Fsp3) is 0.400. The van der Waals surface area contributed by atoms with Gasteiger partial charge in [0.25, 0.3) is 0 Å². The fourth-order valence-electron chi connectivity index (χ4n) is 5.02. The minimum atomic E-state index is -0.751. The van der Waals surface area contributed by atoms with Crippen LogP contribution in [0.3, 0.4) is 0 Å². The van der Waals surface area contributed by atoms with Gasteiger partial charge < -0.3 is 10.1 Å². The Hall–Kier alpha value is -2.96. The normalized spacial score (nSPS) is 21.6. The summed E-state index contributed by atoms with van der Waals surface area (Å²) in [5.41, 5.74) is 0.920. The number of imide groups is 1. The van der Waals surface area contributed by atoms with Gasteiger partial charge in [0.15, 0.2) is 10.8 Å². The lowest BCUT2D eigenvalue weighted by molar-refractivity contribution is -0.139. The van der Waals surface area contributed by atoms with Gasteiger partial charge in [-0.05, 0) is 50.6 Å². The van der Waals surface area contributed by atoms with Crippen molar-refractivity contribution in [1.82, 2.24) is 20.5 Å². The topological polar surface area (TPSA) is 113 Å². The highest BCUT2D eigenvalue weighted by molar-refractivity contribution is 9.10. The first kappa shape index (κ1) is 25.7. The van der Waals surface area contributed by atoms with Crippen molar-refractivity contribution < 1.29 is 23.5 Å². The Morgan fingerprint density at radius 1 is 1.30 bits per heavy atom. The largest absolute Gasteiger partial charge is 0.463 e. The number of thiazole rings is 1. The molecule has 2 aromatic rings. The summed E-state index contributed by atoms with van der Waals surface area (Å²) in [7, 11) is 0. The van der Waals surface area contributed by atoms with E-state index in [4.69, 9.17) is 9.73 Å². The van der Waals surface area contributed by atoms with Crippen molar-refractivity contribution in [2.24, 2.45) is 10.4 Å². The van der Waals surface area contributed by atoms with Gasteiger partial charge in [-0.3, -0.25) is 24.8 Å². The summed E-state index contributed by atoms with van der Waals surface area (Å²) in [6.45, 7) is 3.46. The Labute approximate surface area is 225 Å². The molecule has 9 nitrogen and oxygen atoms in total. The second-order valence-corrected chi connectivity index (χ2v) is 11.0. The fourth-order valence-corrected chi connectivity index (χ4v) is 6.18. The quantitative estimate of drug-likeness (QED) is 0.393. The summed E-state index contributed by atoms with van der Waals surface area (Å²) in [4.78, 5) is 48.9. The Morgan fingerprint density at radius 2 is 2.08 bits per heavy atom. The number of aliphatic imine (C=N–C) groups is 1. The molecule has 194 valence electrons. The molecule has 1 unspecified atom stereocenters. The van der Waals surface area contributed by atoms with E-state index in [1.807, 2.05) is 5.38 Å². The van der Waals surface area contributed by atoms with E-state index in [2.05, 4.69) is 36.4 Å². The van der Waals surface area contributed by atoms with E-state index in [0.29, 0.717) is 64.6 Å². The van der Waals surface area contributed by atoms with Crippen molar-refractivity contribution in [2.45, 2.75) is 32.2 Å². The summed E-state index contributed by atoms with van der Waals surface area (Å²) in [6.07, 6.45) is 2.99. The highest BCUT2D eigenvalue weighted by Gasteiger charge is 2.48. The maximum absolute atomic E-state index is 13.9. The average molecular weight is 590 g/mol. The van der Waals surface area contributed by atoms with Crippen LogP contribution in [0.25, 0.3) is 0 Å². The Balaban J connectivity index is 1.50. The van der Waals surface area contributed by atoms with Gasteiger partial charge in [0.05, 0.1) is 17.6 Å². The van der Waals surface area contributed by atoms with E-state index < -0.39 is 23.2 Å². The maximum Gasteiger partial charge on any atom is 0.338 e. The molecule has 5 rings (SSSR count). The number of hydrogen-bond acceptors (Lipinski definition) is 9. The van der Waals surface area contributed by atoms with Gasteiger partial charge in [0.2, 0.25) is 11.8 Å². The highest BCUT2D eigenvalue weighted by Crippen LogP contribution is 2.40. The summed E-state index contributed by atoms with van der Waals surface area (Å²) in [5, 5.41) is 8.24. The van der Waals surface area contributed by atoms with Crippen LogP contribution in [0.2, 0.25) is 0 Å². The number of ether oxygens (including phenoxy) is 1. The number of amides is 2. The second-order valence-electron chi connectivity index (χ2n) is 9.23. The molecule has 0 saturated carbocycles. The van der Waals surface area contributed by atoms with Crippen LogP contribution in [0.4, 0.5) is 4.39 Å². The molecule has 1 atom stereocenters.